The topological polar surface area (TPSA) is 69.1 Å². The molecule has 4 nitrogen and oxygen atoms in total. The number of halogens is 1. The van der Waals surface area contributed by atoms with E-state index in [0.29, 0.717) is 5.56 Å². The van der Waals surface area contributed by atoms with Gasteiger partial charge in [-0.3, -0.25) is 9.69 Å². The summed E-state index contributed by atoms with van der Waals surface area (Å²) >= 11 is 0. The van der Waals surface area contributed by atoms with Crippen LogP contribution >= 0.6 is 0 Å². The molecule has 0 spiro atoms. The first-order valence-corrected chi connectivity index (χ1v) is 8.75. The minimum absolute atomic E-state index is 0.0965. The quantitative estimate of drug-likeness (QED) is 0.897. The highest BCUT2D eigenvalue weighted by Gasteiger charge is 2.67. The molecule has 4 atom stereocenters. The Morgan fingerprint density at radius 1 is 1.11 bits per heavy atom. The standard InChI is InChI=1S/C22H16FN3O/c1-14(27)20-19(16-6-8-17(23)9-7-16)22(12-24,13-25)21-18-5-3-2-4-15(18)10-11-26(20)21/h2-11,19-21H,1H3/p+1/t19-,20-,21-/m1/s1. The number of fused-ring (bicyclic) bond motifs is 3. The average molecular weight is 358 g/mol. The molecule has 132 valence electrons. The summed E-state index contributed by atoms with van der Waals surface area (Å²) in [5.74, 6) is -1.15. The number of hydrogen-bond acceptors (Lipinski definition) is 3. The molecule has 0 aliphatic carbocycles. The maximum Gasteiger partial charge on any atom is 0.212 e. The van der Waals surface area contributed by atoms with Gasteiger partial charge in [0.2, 0.25) is 5.41 Å². The lowest BCUT2D eigenvalue weighted by Crippen LogP contribution is -3.11. The van der Waals surface area contributed by atoms with Gasteiger partial charge in [0.1, 0.15) is 5.82 Å². The van der Waals surface area contributed by atoms with Crippen LogP contribution in [0.15, 0.2) is 54.7 Å². The summed E-state index contributed by atoms with van der Waals surface area (Å²) in [5.41, 5.74) is 1.02. The predicted molar refractivity (Wildman–Crippen MR) is 96.4 cm³/mol. The van der Waals surface area contributed by atoms with Crippen LogP contribution in [0.4, 0.5) is 4.39 Å². The number of nitriles is 2. The molecule has 1 N–H and O–H groups in total. The van der Waals surface area contributed by atoms with Gasteiger partial charge in [-0.05, 0) is 29.3 Å². The summed E-state index contributed by atoms with van der Waals surface area (Å²) in [7, 11) is 0. The summed E-state index contributed by atoms with van der Waals surface area (Å²) in [6.07, 6.45) is 3.82. The first-order valence-electron chi connectivity index (χ1n) is 8.75. The van der Waals surface area contributed by atoms with E-state index in [1.54, 1.807) is 12.1 Å². The van der Waals surface area contributed by atoms with E-state index in [1.807, 2.05) is 36.5 Å². The van der Waals surface area contributed by atoms with Gasteiger partial charge in [0.05, 0.1) is 24.3 Å². The number of carbonyl (C=O) groups is 1. The second-order valence-corrected chi connectivity index (χ2v) is 7.11. The Kier molecular flexibility index (Phi) is 3.91. The minimum Gasteiger partial charge on any atom is -0.293 e. The van der Waals surface area contributed by atoms with Gasteiger partial charge >= 0.3 is 0 Å². The summed E-state index contributed by atoms with van der Waals surface area (Å²) in [6, 6.07) is 16.8. The van der Waals surface area contributed by atoms with Crippen LogP contribution in [0, 0.1) is 33.9 Å². The molecule has 0 amide bonds. The molecule has 4 rings (SSSR count). The fraction of sp³-hybridized carbons (Fsp3) is 0.227. The van der Waals surface area contributed by atoms with E-state index in [2.05, 4.69) is 12.1 Å². The van der Waals surface area contributed by atoms with E-state index in [0.717, 1.165) is 16.0 Å². The van der Waals surface area contributed by atoms with E-state index < -0.39 is 29.2 Å². The van der Waals surface area contributed by atoms with Crippen molar-refractivity contribution in [2.24, 2.45) is 5.41 Å². The number of nitrogens with zero attached hydrogens (tertiary/aromatic N) is 2. The van der Waals surface area contributed by atoms with Crippen molar-refractivity contribution in [3.63, 3.8) is 0 Å². The molecule has 0 aromatic heterocycles. The number of quaternary nitrogens is 1. The molecule has 0 bridgehead atoms. The molecule has 2 aliphatic heterocycles. The Hall–Kier alpha value is -3.28. The zero-order valence-corrected chi connectivity index (χ0v) is 14.7. The summed E-state index contributed by atoms with van der Waals surface area (Å²) < 4.78 is 13.5. The molecule has 5 heteroatoms. The lowest BCUT2D eigenvalue weighted by Gasteiger charge is -2.29. The maximum absolute atomic E-state index is 13.5. The molecule has 27 heavy (non-hydrogen) atoms. The number of nitrogens with one attached hydrogen (secondary N) is 1. The fourth-order valence-corrected chi connectivity index (χ4v) is 4.70. The van der Waals surface area contributed by atoms with Crippen molar-refractivity contribution in [2.45, 2.75) is 24.9 Å². The molecule has 2 aromatic carbocycles. The second-order valence-electron chi connectivity index (χ2n) is 7.11. The fourth-order valence-electron chi connectivity index (χ4n) is 4.70. The molecule has 2 heterocycles. The first-order chi connectivity index (χ1) is 13.0. The number of benzene rings is 2. The van der Waals surface area contributed by atoms with Crippen LogP contribution in [0.3, 0.4) is 0 Å². The molecule has 1 saturated heterocycles. The zero-order valence-electron chi connectivity index (χ0n) is 14.7. The molecular formula is C22H17FN3O+. The van der Waals surface area contributed by atoms with Gasteiger partial charge in [-0.1, -0.05) is 36.4 Å². The van der Waals surface area contributed by atoms with Crippen molar-refractivity contribution in [1.29, 1.82) is 10.5 Å². The van der Waals surface area contributed by atoms with Gasteiger partial charge in [-0.25, -0.2) is 4.39 Å². The van der Waals surface area contributed by atoms with E-state index in [1.165, 1.54) is 19.1 Å². The highest BCUT2D eigenvalue weighted by molar-refractivity contribution is 5.82. The minimum atomic E-state index is -1.44. The summed E-state index contributed by atoms with van der Waals surface area (Å²) in [6.45, 7) is 1.49. The third kappa shape index (κ3) is 2.33. The normalized spacial score (nSPS) is 27.1. The number of rotatable bonds is 2. The Balaban J connectivity index is 2.00. The predicted octanol–water partition coefficient (Wildman–Crippen LogP) is 2.52. The van der Waals surface area contributed by atoms with E-state index in [9.17, 15) is 19.7 Å². The Morgan fingerprint density at radius 2 is 1.78 bits per heavy atom. The Labute approximate surface area is 156 Å². The lowest BCUT2D eigenvalue weighted by atomic mass is 9.68. The molecule has 0 saturated carbocycles. The van der Waals surface area contributed by atoms with Crippen LogP contribution in [0.1, 0.15) is 35.6 Å². The smallest absolute Gasteiger partial charge is 0.212 e. The van der Waals surface area contributed by atoms with E-state index in [-0.39, 0.29) is 5.78 Å². The lowest BCUT2D eigenvalue weighted by molar-refractivity contribution is -0.885. The molecular weight excluding hydrogens is 341 g/mol. The number of Topliss-reactive ketones (excluding diaryl/α,β-unsaturated/α-hetero) is 1. The van der Waals surface area contributed by atoms with Gasteiger partial charge in [-0.2, -0.15) is 10.5 Å². The SMILES string of the molecule is CC(=O)[C@@H]1[C@@H](c2ccc(F)cc2)C(C#N)(C#N)[C@H]2c3ccccc3C=C[NH+]12. The molecule has 2 aliphatic rings. The van der Waals surface area contributed by atoms with Crippen LogP contribution in [-0.4, -0.2) is 11.8 Å². The van der Waals surface area contributed by atoms with Crippen LogP contribution in [0.2, 0.25) is 0 Å². The zero-order chi connectivity index (χ0) is 19.2. The number of ketones is 1. The maximum atomic E-state index is 13.5. The van der Waals surface area contributed by atoms with Crippen molar-refractivity contribution in [3.8, 4) is 12.1 Å². The van der Waals surface area contributed by atoms with Crippen LogP contribution in [-0.2, 0) is 4.79 Å². The van der Waals surface area contributed by atoms with Crippen LogP contribution in [0.25, 0.3) is 6.08 Å². The van der Waals surface area contributed by atoms with Crippen molar-refractivity contribution >= 4 is 11.9 Å². The highest BCUT2D eigenvalue weighted by atomic mass is 19.1. The monoisotopic (exact) mass is 358 g/mol. The first kappa shape index (κ1) is 17.1. The summed E-state index contributed by atoms with van der Waals surface area (Å²) in [4.78, 5) is 13.4. The summed E-state index contributed by atoms with van der Waals surface area (Å²) in [5, 5.41) is 20.3. The van der Waals surface area contributed by atoms with Crippen molar-refractivity contribution in [2.75, 3.05) is 0 Å². The van der Waals surface area contributed by atoms with E-state index >= 15 is 0 Å². The molecule has 2 aromatic rings. The van der Waals surface area contributed by atoms with Gasteiger partial charge in [0.15, 0.2) is 17.9 Å². The van der Waals surface area contributed by atoms with Crippen LogP contribution in [0.5, 0.6) is 0 Å². The van der Waals surface area contributed by atoms with Gasteiger partial charge in [-0.15, -0.1) is 0 Å². The van der Waals surface area contributed by atoms with Crippen LogP contribution < -0.4 is 4.90 Å². The molecule has 1 unspecified atom stereocenters. The highest BCUT2D eigenvalue weighted by Crippen LogP contribution is 2.51. The van der Waals surface area contributed by atoms with E-state index in [4.69, 9.17) is 0 Å². The number of carbonyl (C=O) groups excluding carboxylic acids is 1. The molecule has 1 fully saturated rings. The Bertz CT molecular complexity index is 1010. The second kappa shape index (κ2) is 6.16. The molecule has 0 radical (unpaired) electrons. The van der Waals surface area contributed by atoms with Crippen molar-refractivity contribution < 1.29 is 14.1 Å². The van der Waals surface area contributed by atoms with Crippen molar-refractivity contribution in [3.05, 3.63) is 77.2 Å². The van der Waals surface area contributed by atoms with Gasteiger partial charge in [0, 0.05) is 12.5 Å². The van der Waals surface area contributed by atoms with Crippen molar-refractivity contribution in [1.82, 2.24) is 0 Å². The largest absolute Gasteiger partial charge is 0.293 e. The number of hydrogen-bond donors (Lipinski definition) is 1. The third-order valence-corrected chi connectivity index (χ3v) is 5.77. The average Bonchev–Trinajstić information content (AvgIpc) is 3.00. The third-order valence-electron chi connectivity index (χ3n) is 5.77. The van der Waals surface area contributed by atoms with Gasteiger partial charge < -0.3 is 0 Å². The van der Waals surface area contributed by atoms with Gasteiger partial charge in [0.25, 0.3) is 0 Å². The Morgan fingerprint density at radius 3 is 2.41 bits per heavy atom.